The Hall–Kier alpha value is -0.120. The van der Waals surface area contributed by atoms with Crippen molar-refractivity contribution < 1.29 is 9.84 Å². The molecular formula is C13H29NO2. The summed E-state index contributed by atoms with van der Waals surface area (Å²) in [7, 11) is 0. The summed E-state index contributed by atoms with van der Waals surface area (Å²) < 4.78 is 5.61. The minimum atomic E-state index is 0.196. The smallest absolute Gasteiger partial charge is 0.0585 e. The van der Waals surface area contributed by atoms with E-state index < -0.39 is 0 Å². The molecule has 0 amide bonds. The zero-order valence-electron chi connectivity index (χ0n) is 11.2. The second kappa shape index (κ2) is 11.4. The van der Waals surface area contributed by atoms with E-state index in [1.54, 1.807) is 0 Å². The molecule has 0 heterocycles. The molecule has 0 fully saturated rings. The molecule has 0 spiro atoms. The molecule has 0 rings (SSSR count). The summed E-state index contributed by atoms with van der Waals surface area (Å²) in [6.45, 7) is 9.32. The Morgan fingerprint density at radius 2 is 1.94 bits per heavy atom. The zero-order valence-corrected chi connectivity index (χ0v) is 11.2. The molecule has 3 heteroatoms. The third-order valence-electron chi connectivity index (χ3n) is 2.70. The molecular weight excluding hydrogens is 202 g/mol. The SMILES string of the molecule is CCCNC(CO)CCOCC(C)CCC. The number of hydrogen-bond donors (Lipinski definition) is 2. The van der Waals surface area contributed by atoms with Gasteiger partial charge in [-0.25, -0.2) is 0 Å². The van der Waals surface area contributed by atoms with E-state index in [-0.39, 0.29) is 12.6 Å². The molecule has 0 saturated carbocycles. The van der Waals surface area contributed by atoms with E-state index in [4.69, 9.17) is 9.84 Å². The maximum Gasteiger partial charge on any atom is 0.0585 e. The van der Waals surface area contributed by atoms with Crippen molar-refractivity contribution in [3.8, 4) is 0 Å². The summed E-state index contributed by atoms with van der Waals surface area (Å²) in [6.07, 6.45) is 4.46. The van der Waals surface area contributed by atoms with Crippen LogP contribution in [0.3, 0.4) is 0 Å². The quantitative estimate of drug-likeness (QED) is 0.536. The third-order valence-corrected chi connectivity index (χ3v) is 2.70. The highest BCUT2D eigenvalue weighted by Crippen LogP contribution is 2.05. The average Bonchev–Trinajstić information content (AvgIpc) is 2.28. The number of ether oxygens (including phenoxy) is 1. The zero-order chi connectivity index (χ0) is 12.2. The van der Waals surface area contributed by atoms with Crippen molar-refractivity contribution in [2.24, 2.45) is 5.92 Å². The van der Waals surface area contributed by atoms with Crippen LogP contribution in [0.5, 0.6) is 0 Å². The molecule has 0 bridgehead atoms. The molecule has 0 aromatic carbocycles. The Bertz CT molecular complexity index is 142. The highest BCUT2D eigenvalue weighted by atomic mass is 16.5. The standard InChI is InChI=1S/C13H29NO2/c1-4-6-12(3)11-16-9-7-13(10-15)14-8-5-2/h12-15H,4-11H2,1-3H3. The molecule has 0 saturated heterocycles. The number of aliphatic hydroxyl groups excluding tert-OH is 1. The Balaban J connectivity index is 3.39. The van der Waals surface area contributed by atoms with Gasteiger partial charge in [-0.15, -0.1) is 0 Å². The topological polar surface area (TPSA) is 41.5 Å². The predicted molar refractivity (Wildman–Crippen MR) is 68.7 cm³/mol. The van der Waals surface area contributed by atoms with Crippen LogP contribution in [-0.2, 0) is 4.74 Å². The van der Waals surface area contributed by atoms with Gasteiger partial charge in [0.25, 0.3) is 0 Å². The number of nitrogens with one attached hydrogen (secondary N) is 1. The molecule has 0 radical (unpaired) electrons. The van der Waals surface area contributed by atoms with Crippen LogP contribution < -0.4 is 5.32 Å². The maximum atomic E-state index is 9.13. The van der Waals surface area contributed by atoms with Gasteiger partial charge in [0.1, 0.15) is 0 Å². The Morgan fingerprint density at radius 1 is 1.19 bits per heavy atom. The van der Waals surface area contributed by atoms with Crippen LogP contribution in [0.2, 0.25) is 0 Å². The second-order valence-electron chi connectivity index (χ2n) is 4.59. The van der Waals surface area contributed by atoms with E-state index in [0.717, 1.165) is 32.6 Å². The molecule has 3 nitrogen and oxygen atoms in total. The highest BCUT2D eigenvalue weighted by molar-refractivity contribution is 4.64. The fourth-order valence-corrected chi connectivity index (χ4v) is 1.69. The summed E-state index contributed by atoms with van der Waals surface area (Å²) in [5.41, 5.74) is 0. The molecule has 0 aliphatic rings. The second-order valence-corrected chi connectivity index (χ2v) is 4.59. The van der Waals surface area contributed by atoms with Crippen LogP contribution in [0.25, 0.3) is 0 Å². The Labute approximate surface area is 101 Å². The van der Waals surface area contributed by atoms with E-state index >= 15 is 0 Å². The fraction of sp³-hybridized carbons (Fsp3) is 1.00. The minimum absolute atomic E-state index is 0.196. The largest absolute Gasteiger partial charge is 0.395 e. The summed E-state index contributed by atoms with van der Waals surface area (Å²) in [5.74, 6) is 0.654. The van der Waals surface area contributed by atoms with Crippen LogP contribution >= 0.6 is 0 Å². The van der Waals surface area contributed by atoms with Crippen molar-refractivity contribution in [2.45, 2.75) is 52.5 Å². The van der Waals surface area contributed by atoms with Crippen LogP contribution in [0.4, 0.5) is 0 Å². The lowest BCUT2D eigenvalue weighted by Crippen LogP contribution is -2.34. The first-order valence-corrected chi connectivity index (χ1v) is 6.66. The molecule has 0 aliphatic carbocycles. The summed E-state index contributed by atoms with van der Waals surface area (Å²) >= 11 is 0. The Kier molecular flexibility index (Phi) is 11.3. The van der Waals surface area contributed by atoms with Crippen molar-refractivity contribution >= 4 is 0 Å². The van der Waals surface area contributed by atoms with Crippen molar-refractivity contribution in [3.05, 3.63) is 0 Å². The first-order valence-electron chi connectivity index (χ1n) is 6.66. The van der Waals surface area contributed by atoms with Crippen LogP contribution in [0, 0.1) is 5.92 Å². The maximum absolute atomic E-state index is 9.13. The van der Waals surface area contributed by atoms with Gasteiger partial charge < -0.3 is 15.2 Å². The van der Waals surface area contributed by atoms with Gasteiger partial charge >= 0.3 is 0 Å². The van der Waals surface area contributed by atoms with Crippen LogP contribution in [0.15, 0.2) is 0 Å². The number of rotatable bonds is 11. The van der Waals surface area contributed by atoms with Gasteiger partial charge in [-0.3, -0.25) is 0 Å². The Morgan fingerprint density at radius 3 is 2.50 bits per heavy atom. The van der Waals surface area contributed by atoms with E-state index in [9.17, 15) is 0 Å². The normalized spacial score (nSPS) is 15.0. The van der Waals surface area contributed by atoms with Gasteiger partial charge in [0.05, 0.1) is 6.61 Å². The minimum Gasteiger partial charge on any atom is -0.395 e. The molecule has 0 aromatic rings. The molecule has 2 N–H and O–H groups in total. The molecule has 2 atom stereocenters. The number of aliphatic hydroxyl groups is 1. The van der Waals surface area contributed by atoms with Crippen LogP contribution in [-0.4, -0.2) is 37.5 Å². The molecule has 0 aliphatic heterocycles. The summed E-state index contributed by atoms with van der Waals surface area (Å²) in [4.78, 5) is 0. The monoisotopic (exact) mass is 231 g/mol. The summed E-state index contributed by atoms with van der Waals surface area (Å²) in [6, 6.07) is 0.196. The van der Waals surface area contributed by atoms with Gasteiger partial charge in [-0.05, 0) is 31.7 Å². The van der Waals surface area contributed by atoms with Crippen LogP contribution in [0.1, 0.15) is 46.5 Å². The molecule has 0 aromatic heterocycles. The van der Waals surface area contributed by atoms with E-state index in [1.807, 2.05) is 0 Å². The van der Waals surface area contributed by atoms with Crippen molar-refractivity contribution in [2.75, 3.05) is 26.4 Å². The van der Waals surface area contributed by atoms with Gasteiger partial charge in [0.15, 0.2) is 0 Å². The van der Waals surface area contributed by atoms with Crippen molar-refractivity contribution in [1.82, 2.24) is 5.32 Å². The van der Waals surface area contributed by atoms with Gasteiger partial charge in [-0.1, -0.05) is 27.2 Å². The highest BCUT2D eigenvalue weighted by Gasteiger charge is 2.06. The van der Waals surface area contributed by atoms with Crippen molar-refractivity contribution in [1.29, 1.82) is 0 Å². The fourth-order valence-electron chi connectivity index (χ4n) is 1.69. The first-order chi connectivity index (χ1) is 7.74. The first kappa shape index (κ1) is 15.9. The third kappa shape index (κ3) is 9.13. The number of hydrogen-bond acceptors (Lipinski definition) is 3. The lowest BCUT2D eigenvalue weighted by Gasteiger charge is -2.16. The van der Waals surface area contributed by atoms with Crippen molar-refractivity contribution in [3.63, 3.8) is 0 Å². The predicted octanol–water partition coefficient (Wildman–Crippen LogP) is 2.19. The van der Waals surface area contributed by atoms with Gasteiger partial charge in [0.2, 0.25) is 0 Å². The molecule has 98 valence electrons. The average molecular weight is 231 g/mol. The van der Waals surface area contributed by atoms with E-state index in [0.29, 0.717) is 5.92 Å². The molecule has 16 heavy (non-hydrogen) atoms. The van der Waals surface area contributed by atoms with Gasteiger partial charge in [0, 0.05) is 19.3 Å². The molecule has 2 unspecified atom stereocenters. The lowest BCUT2D eigenvalue weighted by atomic mass is 10.1. The lowest BCUT2D eigenvalue weighted by molar-refractivity contribution is 0.0874. The van der Waals surface area contributed by atoms with Gasteiger partial charge in [-0.2, -0.15) is 0 Å². The van der Waals surface area contributed by atoms with E-state index in [1.165, 1.54) is 12.8 Å². The summed E-state index contributed by atoms with van der Waals surface area (Å²) in [5, 5.41) is 12.4. The van der Waals surface area contributed by atoms with E-state index in [2.05, 4.69) is 26.1 Å².